The van der Waals surface area contributed by atoms with E-state index in [0.717, 1.165) is 11.1 Å². The smallest absolute Gasteiger partial charge is 0.356 e. The lowest BCUT2D eigenvalue weighted by molar-refractivity contribution is -0.161. The Morgan fingerprint density at radius 1 is 1.00 bits per heavy atom. The highest BCUT2D eigenvalue weighted by molar-refractivity contribution is 6.02. The molecule has 0 saturated carbocycles. The van der Waals surface area contributed by atoms with E-state index < -0.39 is 23.5 Å². The molecule has 0 aromatic heterocycles. The summed E-state index contributed by atoms with van der Waals surface area (Å²) in [4.78, 5) is 26.2. The van der Waals surface area contributed by atoms with E-state index in [1.54, 1.807) is 32.9 Å². The average Bonchev–Trinajstić information content (AvgIpc) is 3.05. The van der Waals surface area contributed by atoms with Gasteiger partial charge in [-0.05, 0) is 32.4 Å². The normalized spacial score (nSPS) is 20.8. The average molecular weight is 380 g/mol. The van der Waals surface area contributed by atoms with Gasteiger partial charge in [-0.1, -0.05) is 54.6 Å². The Morgan fingerprint density at radius 3 is 2.29 bits per heavy atom. The first-order chi connectivity index (χ1) is 13.6. The number of carbonyl (C=O) groups is 2. The van der Waals surface area contributed by atoms with Gasteiger partial charge in [-0.15, -0.1) is 0 Å². The van der Waals surface area contributed by atoms with E-state index in [1.807, 2.05) is 48.5 Å². The number of benzene rings is 2. The van der Waals surface area contributed by atoms with Crippen LogP contribution in [0, 0.1) is 0 Å². The van der Waals surface area contributed by atoms with Gasteiger partial charge in [0.2, 0.25) is 5.60 Å². The maximum Gasteiger partial charge on any atom is 0.356 e. The Labute approximate surface area is 164 Å². The number of fused-ring (bicyclic) bond motifs is 1. The molecule has 0 unspecified atom stereocenters. The van der Waals surface area contributed by atoms with Crippen molar-refractivity contribution >= 4 is 11.9 Å². The number of rotatable bonds is 6. The van der Waals surface area contributed by atoms with Gasteiger partial charge in [-0.2, -0.15) is 0 Å². The van der Waals surface area contributed by atoms with Crippen molar-refractivity contribution in [2.75, 3.05) is 13.2 Å². The third-order valence-corrected chi connectivity index (χ3v) is 4.80. The van der Waals surface area contributed by atoms with Crippen LogP contribution in [-0.4, -0.2) is 30.8 Å². The molecule has 0 amide bonds. The van der Waals surface area contributed by atoms with Gasteiger partial charge < -0.3 is 14.2 Å². The number of carbonyl (C=O) groups excluding carboxylic acids is 2. The first kappa shape index (κ1) is 19.7. The first-order valence-electron chi connectivity index (χ1n) is 9.44. The fraction of sp³-hybridized carbons (Fsp3) is 0.304. The number of para-hydroxylation sites is 1. The van der Waals surface area contributed by atoms with E-state index in [4.69, 9.17) is 14.2 Å². The quantitative estimate of drug-likeness (QED) is 0.559. The highest BCUT2D eigenvalue weighted by atomic mass is 16.6. The van der Waals surface area contributed by atoms with Crippen molar-refractivity contribution in [1.82, 2.24) is 0 Å². The molecule has 0 radical (unpaired) electrons. The highest BCUT2D eigenvalue weighted by Crippen LogP contribution is 2.52. The molecule has 0 N–H and O–H groups in total. The van der Waals surface area contributed by atoms with Gasteiger partial charge in [0.05, 0.1) is 24.7 Å². The van der Waals surface area contributed by atoms with Crippen LogP contribution in [0.2, 0.25) is 0 Å². The Hall–Kier alpha value is -3.08. The molecule has 28 heavy (non-hydrogen) atoms. The predicted octanol–water partition coefficient (Wildman–Crippen LogP) is 4.02. The molecular formula is C23H24O5. The van der Waals surface area contributed by atoms with Crippen molar-refractivity contribution in [3.63, 3.8) is 0 Å². The molecule has 2 atom stereocenters. The minimum Gasteiger partial charge on any atom is -0.469 e. The fourth-order valence-corrected chi connectivity index (χ4v) is 3.73. The number of esters is 2. The van der Waals surface area contributed by atoms with Crippen molar-refractivity contribution in [3.05, 3.63) is 77.4 Å². The van der Waals surface area contributed by atoms with Crippen molar-refractivity contribution < 1.29 is 23.8 Å². The van der Waals surface area contributed by atoms with Gasteiger partial charge in [0, 0.05) is 5.56 Å². The third kappa shape index (κ3) is 3.17. The molecule has 0 aliphatic carbocycles. The molecule has 2 aromatic carbocycles. The molecule has 0 bridgehead atoms. The highest BCUT2D eigenvalue weighted by Gasteiger charge is 2.60. The van der Waals surface area contributed by atoms with E-state index >= 15 is 0 Å². The van der Waals surface area contributed by atoms with Crippen LogP contribution in [0.25, 0.3) is 0 Å². The zero-order chi connectivity index (χ0) is 20.1. The lowest BCUT2D eigenvalue weighted by Gasteiger charge is -2.33. The summed E-state index contributed by atoms with van der Waals surface area (Å²) < 4.78 is 16.9. The molecule has 3 rings (SSSR count). The monoisotopic (exact) mass is 380 g/mol. The van der Waals surface area contributed by atoms with E-state index in [-0.39, 0.29) is 18.8 Å². The van der Waals surface area contributed by atoms with E-state index in [9.17, 15) is 9.59 Å². The molecule has 1 heterocycles. The second kappa shape index (κ2) is 8.30. The number of ether oxygens (including phenoxy) is 3. The van der Waals surface area contributed by atoms with Crippen LogP contribution < -0.4 is 4.74 Å². The summed E-state index contributed by atoms with van der Waals surface area (Å²) >= 11 is 0. The third-order valence-electron chi connectivity index (χ3n) is 4.80. The lowest BCUT2D eigenvalue weighted by atomic mass is 9.74. The largest absolute Gasteiger partial charge is 0.469 e. The summed E-state index contributed by atoms with van der Waals surface area (Å²) in [5, 5.41) is 0. The summed E-state index contributed by atoms with van der Waals surface area (Å²) in [7, 11) is 0. The SMILES string of the molecule is C/C=C(\C(=O)OCC)[C@@]1(C(=O)OCC)Oc2ccccc2[C@@H]1c1ccccc1. The molecule has 146 valence electrons. The summed E-state index contributed by atoms with van der Waals surface area (Å²) in [6.45, 7) is 5.51. The van der Waals surface area contributed by atoms with Crippen molar-refractivity contribution in [2.24, 2.45) is 0 Å². The van der Waals surface area contributed by atoms with Crippen LogP contribution in [0.3, 0.4) is 0 Å². The van der Waals surface area contributed by atoms with Crippen molar-refractivity contribution in [1.29, 1.82) is 0 Å². The van der Waals surface area contributed by atoms with Gasteiger partial charge in [0.1, 0.15) is 5.75 Å². The summed E-state index contributed by atoms with van der Waals surface area (Å²) in [6, 6.07) is 17.0. The van der Waals surface area contributed by atoms with Crippen LogP contribution in [-0.2, 0) is 19.1 Å². The molecule has 0 spiro atoms. The van der Waals surface area contributed by atoms with Crippen LogP contribution in [0.4, 0.5) is 0 Å². The van der Waals surface area contributed by atoms with Crippen molar-refractivity contribution in [3.8, 4) is 5.75 Å². The van der Waals surface area contributed by atoms with Gasteiger partial charge in [-0.25, -0.2) is 9.59 Å². The maximum absolute atomic E-state index is 13.3. The van der Waals surface area contributed by atoms with Crippen LogP contribution in [0.15, 0.2) is 66.2 Å². The summed E-state index contributed by atoms with van der Waals surface area (Å²) in [5.41, 5.74) is 0.162. The first-order valence-corrected chi connectivity index (χ1v) is 9.44. The van der Waals surface area contributed by atoms with Gasteiger partial charge in [0.25, 0.3) is 0 Å². The van der Waals surface area contributed by atoms with Gasteiger partial charge >= 0.3 is 11.9 Å². The minimum absolute atomic E-state index is 0.137. The van der Waals surface area contributed by atoms with Crippen molar-refractivity contribution in [2.45, 2.75) is 32.3 Å². The molecular weight excluding hydrogens is 356 g/mol. The fourth-order valence-electron chi connectivity index (χ4n) is 3.73. The van der Waals surface area contributed by atoms with E-state index in [2.05, 4.69) is 0 Å². The predicted molar refractivity (Wildman–Crippen MR) is 105 cm³/mol. The molecule has 1 aliphatic heterocycles. The Morgan fingerprint density at radius 2 is 1.64 bits per heavy atom. The molecule has 0 fully saturated rings. The summed E-state index contributed by atoms with van der Waals surface area (Å²) in [6.07, 6.45) is 1.58. The van der Waals surface area contributed by atoms with Crippen LogP contribution in [0.1, 0.15) is 37.8 Å². The molecule has 1 aliphatic rings. The second-order valence-corrected chi connectivity index (χ2v) is 6.36. The lowest BCUT2D eigenvalue weighted by Crippen LogP contribution is -2.52. The van der Waals surface area contributed by atoms with Crippen LogP contribution in [0.5, 0.6) is 5.75 Å². The number of hydrogen-bond donors (Lipinski definition) is 0. The zero-order valence-electron chi connectivity index (χ0n) is 16.3. The zero-order valence-corrected chi connectivity index (χ0v) is 16.3. The van der Waals surface area contributed by atoms with E-state index in [1.165, 1.54) is 0 Å². The summed E-state index contributed by atoms with van der Waals surface area (Å²) in [5.74, 6) is -1.19. The molecule has 2 aromatic rings. The topological polar surface area (TPSA) is 61.8 Å². The van der Waals surface area contributed by atoms with Crippen LogP contribution >= 0.6 is 0 Å². The Bertz CT molecular complexity index is 887. The Kier molecular flexibility index (Phi) is 5.83. The minimum atomic E-state index is -1.65. The second-order valence-electron chi connectivity index (χ2n) is 6.36. The number of allylic oxidation sites excluding steroid dienone is 1. The van der Waals surface area contributed by atoms with Gasteiger partial charge in [0.15, 0.2) is 0 Å². The van der Waals surface area contributed by atoms with Gasteiger partial charge in [-0.3, -0.25) is 0 Å². The number of hydrogen-bond acceptors (Lipinski definition) is 5. The molecule has 5 heteroatoms. The Balaban J connectivity index is 2.28. The maximum atomic E-state index is 13.3. The van der Waals surface area contributed by atoms with E-state index in [0.29, 0.717) is 5.75 Å². The standard InChI is InChI=1S/C23H24O5/c1-4-18(21(24)26-5-2)23(22(25)27-6-3)20(16-12-8-7-9-13-16)17-14-10-11-15-19(17)28-23/h4,7-15,20H,5-6H2,1-3H3/b18-4+/t20-,23+/m0/s1. The molecule has 0 saturated heterocycles. The molecule has 5 nitrogen and oxygen atoms in total.